The monoisotopic (exact) mass is 380 g/mol. The fraction of sp³-hybridized carbons (Fsp3) is 0.318. The van der Waals surface area contributed by atoms with Crippen molar-refractivity contribution < 1.29 is 19.5 Å². The van der Waals surface area contributed by atoms with Crippen LogP contribution in [0.5, 0.6) is 0 Å². The zero-order valence-corrected chi connectivity index (χ0v) is 15.6. The Kier molecular flexibility index (Phi) is 6.42. The van der Waals surface area contributed by atoms with Crippen molar-refractivity contribution in [1.82, 2.24) is 10.2 Å². The molecule has 146 valence electrons. The van der Waals surface area contributed by atoms with Crippen LogP contribution in [-0.4, -0.2) is 40.9 Å². The Morgan fingerprint density at radius 2 is 1.64 bits per heavy atom. The third-order valence-corrected chi connectivity index (χ3v) is 5.06. The van der Waals surface area contributed by atoms with E-state index in [1.807, 2.05) is 30.3 Å². The molecule has 0 bridgehead atoms. The molecule has 0 aliphatic carbocycles. The first-order valence-electron chi connectivity index (χ1n) is 9.44. The van der Waals surface area contributed by atoms with Gasteiger partial charge >= 0.3 is 5.97 Å². The lowest BCUT2D eigenvalue weighted by Crippen LogP contribution is -2.43. The largest absolute Gasteiger partial charge is 0.478 e. The van der Waals surface area contributed by atoms with Crippen molar-refractivity contribution in [3.63, 3.8) is 0 Å². The summed E-state index contributed by atoms with van der Waals surface area (Å²) in [6.07, 6.45) is 1.45. The van der Waals surface area contributed by atoms with Crippen LogP contribution >= 0.6 is 0 Å². The highest BCUT2D eigenvalue weighted by Crippen LogP contribution is 2.19. The summed E-state index contributed by atoms with van der Waals surface area (Å²) in [5, 5.41) is 12.0. The lowest BCUT2D eigenvalue weighted by atomic mass is 9.95. The maximum Gasteiger partial charge on any atom is 0.335 e. The predicted octanol–water partition coefficient (Wildman–Crippen LogP) is 2.48. The lowest BCUT2D eigenvalue weighted by Gasteiger charge is -2.31. The molecule has 28 heavy (non-hydrogen) atoms. The van der Waals surface area contributed by atoms with E-state index in [2.05, 4.69) is 5.32 Å². The topological polar surface area (TPSA) is 86.7 Å². The Balaban J connectivity index is 1.46. The molecule has 6 nitrogen and oxygen atoms in total. The van der Waals surface area contributed by atoms with Crippen LogP contribution in [0, 0.1) is 5.92 Å². The van der Waals surface area contributed by atoms with Gasteiger partial charge in [0.15, 0.2) is 0 Å². The van der Waals surface area contributed by atoms with E-state index in [4.69, 9.17) is 5.11 Å². The van der Waals surface area contributed by atoms with E-state index >= 15 is 0 Å². The van der Waals surface area contributed by atoms with Gasteiger partial charge in [-0.15, -0.1) is 0 Å². The van der Waals surface area contributed by atoms with Crippen LogP contribution in [0.2, 0.25) is 0 Å². The Hall–Kier alpha value is -3.15. The molecule has 0 unspecified atom stereocenters. The van der Waals surface area contributed by atoms with Crippen molar-refractivity contribution in [3.05, 3.63) is 71.3 Å². The number of aromatic carboxylic acids is 1. The molecule has 1 aliphatic rings. The number of amides is 2. The van der Waals surface area contributed by atoms with Gasteiger partial charge in [0.1, 0.15) is 0 Å². The van der Waals surface area contributed by atoms with Gasteiger partial charge in [0, 0.05) is 25.6 Å². The maximum absolute atomic E-state index is 12.5. The predicted molar refractivity (Wildman–Crippen MR) is 105 cm³/mol. The first kappa shape index (κ1) is 19.6. The van der Waals surface area contributed by atoms with Gasteiger partial charge in [-0.25, -0.2) is 4.79 Å². The molecule has 3 rings (SSSR count). The number of hydrogen-bond donors (Lipinski definition) is 2. The van der Waals surface area contributed by atoms with Crippen molar-refractivity contribution in [3.8, 4) is 0 Å². The molecule has 0 saturated carbocycles. The van der Waals surface area contributed by atoms with E-state index in [1.54, 1.807) is 17.0 Å². The minimum atomic E-state index is -1.00. The number of rotatable bonds is 6. The van der Waals surface area contributed by atoms with Gasteiger partial charge in [0.25, 0.3) is 0 Å². The lowest BCUT2D eigenvalue weighted by molar-refractivity contribution is -0.135. The highest BCUT2D eigenvalue weighted by Gasteiger charge is 2.27. The van der Waals surface area contributed by atoms with Crippen LogP contribution in [-0.2, 0) is 22.6 Å². The van der Waals surface area contributed by atoms with Gasteiger partial charge in [-0.1, -0.05) is 42.5 Å². The van der Waals surface area contributed by atoms with Crippen molar-refractivity contribution in [2.75, 3.05) is 13.1 Å². The maximum atomic E-state index is 12.5. The number of hydrogen-bond acceptors (Lipinski definition) is 3. The average molecular weight is 380 g/mol. The van der Waals surface area contributed by atoms with Crippen molar-refractivity contribution in [1.29, 1.82) is 0 Å². The molecule has 6 heteroatoms. The second-order valence-corrected chi connectivity index (χ2v) is 7.04. The quantitative estimate of drug-likeness (QED) is 0.806. The van der Waals surface area contributed by atoms with E-state index < -0.39 is 5.97 Å². The molecule has 0 aromatic heterocycles. The minimum absolute atomic E-state index is 0.0325. The molecule has 1 heterocycles. The number of nitrogens with zero attached hydrogens (tertiary/aromatic N) is 1. The molecule has 1 aliphatic heterocycles. The molecule has 0 atom stereocenters. The van der Waals surface area contributed by atoms with E-state index in [0.29, 0.717) is 38.0 Å². The standard InChI is InChI=1S/C22H24N2O4/c25-20(14-17-7-4-8-19(13-17)22(27)28)24-11-9-18(10-12-24)21(26)23-15-16-5-2-1-3-6-16/h1-8,13,18H,9-12,14-15H2,(H,23,26)(H,27,28). The average Bonchev–Trinajstić information content (AvgIpc) is 2.73. The highest BCUT2D eigenvalue weighted by atomic mass is 16.4. The number of carboxylic acids is 1. The Labute approximate surface area is 164 Å². The number of piperidine rings is 1. The molecule has 0 radical (unpaired) electrons. The van der Waals surface area contributed by atoms with Crippen LogP contribution in [0.1, 0.15) is 34.3 Å². The number of carbonyl (C=O) groups excluding carboxylic acids is 2. The number of nitrogens with one attached hydrogen (secondary N) is 1. The first-order chi connectivity index (χ1) is 13.5. The molecule has 1 fully saturated rings. The smallest absolute Gasteiger partial charge is 0.335 e. The summed E-state index contributed by atoms with van der Waals surface area (Å²) in [5.74, 6) is -1.09. The fourth-order valence-electron chi connectivity index (χ4n) is 3.42. The second kappa shape index (κ2) is 9.17. The molecular weight excluding hydrogens is 356 g/mol. The molecule has 1 saturated heterocycles. The summed E-state index contributed by atoms with van der Waals surface area (Å²) in [6, 6.07) is 16.2. The van der Waals surface area contributed by atoms with Gasteiger partial charge in [-0.05, 0) is 36.1 Å². The van der Waals surface area contributed by atoms with Crippen LogP contribution in [0.4, 0.5) is 0 Å². The molecule has 2 N–H and O–H groups in total. The third kappa shape index (κ3) is 5.19. The third-order valence-electron chi connectivity index (χ3n) is 5.06. The summed E-state index contributed by atoms with van der Waals surface area (Å²) in [4.78, 5) is 37.7. The fourth-order valence-corrected chi connectivity index (χ4v) is 3.42. The van der Waals surface area contributed by atoms with Crippen molar-refractivity contribution in [2.45, 2.75) is 25.8 Å². The summed E-state index contributed by atoms with van der Waals surface area (Å²) in [6.45, 7) is 1.60. The first-order valence-corrected chi connectivity index (χ1v) is 9.44. The molecule has 0 spiro atoms. The molecule has 2 aromatic carbocycles. The summed E-state index contributed by atoms with van der Waals surface area (Å²) < 4.78 is 0. The Morgan fingerprint density at radius 3 is 2.32 bits per heavy atom. The summed E-state index contributed by atoms with van der Waals surface area (Å²) in [7, 11) is 0. The zero-order valence-electron chi connectivity index (χ0n) is 15.6. The minimum Gasteiger partial charge on any atom is -0.478 e. The molecule has 2 aromatic rings. The number of carbonyl (C=O) groups is 3. The van der Waals surface area contributed by atoms with Gasteiger partial charge in [0.05, 0.1) is 12.0 Å². The van der Waals surface area contributed by atoms with Gasteiger partial charge in [0.2, 0.25) is 11.8 Å². The van der Waals surface area contributed by atoms with Crippen LogP contribution in [0.3, 0.4) is 0 Å². The van der Waals surface area contributed by atoms with Crippen LogP contribution in [0.25, 0.3) is 0 Å². The molecular formula is C22H24N2O4. The summed E-state index contributed by atoms with van der Waals surface area (Å²) >= 11 is 0. The normalized spacial score (nSPS) is 14.5. The van der Waals surface area contributed by atoms with Crippen molar-refractivity contribution in [2.24, 2.45) is 5.92 Å². The number of carboxylic acid groups (broad SMARTS) is 1. The van der Waals surface area contributed by atoms with Gasteiger partial charge in [-0.2, -0.15) is 0 Å². The van der Waals surface area contributed by atoms with E-state index in [-0.39, 0.29) is 29.7 Å². The Bertz CT molecular complexity index is 843. The van der Waals surface area contributed by atoms with E-state index in [0.717, 1.165) is 5.56 Å². The SMILES string of the molecule is O=C(O)c1cccc(CC(=O)N2CCC(C(=O)NCc3ccccc3)CC2)c1. The van der Waals surface area contributed by atoms with Crippen molar-refractivity contribution >= 4 is 17.8 Å². The number of likely N-dealkylation sites (tertiary alicyclic amines) is 1. The van der Waals surface area contributed by atoms with Crippen LogP contribution < -0.4 is 5.32 Å². The van der Waals surface area contributed by atoms with Gasteiger partial charge < -0.3 is 15.3 Å². The second-order valence-electron chi connectivity index (χ2n) is 7.04. The van der Waals surface area contributed by atoms with E-state index in [1.165, 1.54) is 12.1 Å². The van der Waals surface area contributed by atoms with E-state index in [9.17, 15) is 14.4 Å². The van der Waals surface area contributed by atoms with Gasteiger partial charge in [-0.3, -0.25) is 9.59 Å². The van der Waals surface area contributed by atoms with Crippen LogP contribution in [0.15, 0.2) is 54.6 Å². The number of benzene rings is 2. The highest BCUT2D eigenvalue weighted by molar-refractivity contribution is 5.88. The Morgan fingerprint density at radius 1 is 0.964 bits per heavy atom. The zero-order chi connectivity index (χ0) is 19.9. The summed E-state index contributed by atoms with van der Waals surface area (Å²) in [5.41, 5.74) is 1.93. The molecule has 2 amide bonds.